The Morgan fingerprint density at radius 1 is 1.25 bits per heavy atom. The third-order valence-corrected chi connectivity index (χ3v) is 3.27. The van der Waals surface area contributed by atoms with Crippen molar-refractivity contribution in [1.82, 2.24) is 4.90 Å². The van der Waals surface area contributed by atoms with Crippen molar-refractivity contribution in [3.63, 3.8) is 0 Å². The Kier molecular flexibility index (Phi) is 6.46. The molecule has 0 N–H and O–H groups in total. The number of furan rings is 1. The van der Waals surface area contributed by atoms with Crippen molar-refractivity contribution in [3.8, 4) is 11.3 Å². The highest BCUT2D eigenvalue weighted by Crippen LogP contribution is 2.25. The molecule has 2 aromatic rings. The number of hydrogen-bond donors (Lipinski definition) is 0. The zero-order valence-corrected chi connectivity index (χ0v) is 13.8. The third-order valence-electron chi connectivity index (χ3n) is 2.78. The third kappa shape index (κ3) is 4.47. The molecule has 0 atom stereocenters. The molecule has 0 saturated heterocycles. The van der Waals surface area contributed by atoms with E-state index in [1.165, 1.54) is 0 Å². The van der Waals surface area contributed by atoms with E-state index in [2.05, 4.69) is 15.9 Å². The molecule has 0 fully saturated rings. The average Bonchev–Trinajstić information content (AvgIpc) is 2.85. The van der Waals surface area contributed by atoms with Gasteiger partial charge in [0.2, 0.25) is 0 Å². The van der Waals surface area contributed by atoms with E-state index in [4.69, 9.17) is 4.42 Å². The molecule has 0 aliphatic heterocycles. The zero-order valence-electron chi connectivity index (χ0n) is 11.4. The molecule has 5 heteroatoms. The maximum absolute atomic E-state index is 11.9. The van der Waals surface area contributed by atoms with Gasteiger partial charge in [-0.25, -0.2) is 0 Å². The summed E-state index contributed by atoms with van der Waals surface area (Å²) in [6.45, 7) is 0.728. The molecule has 1 aromatic carbocycles. The van der Waals surface area contributed by atoms with Gasteiger partial charge in [0.1, 0.15) is 5.76 Å². The van der Waals surface area contributed by atoms with Crippen molar-refractivity contribution in [2.45, 2.75) is 6.42 Å². The lowest BCUT2D eigenvalue weighted by Crippen LogP contribution is -2.16. The SMILES string of the molecule is CN(C)CCC(=O)c1ccc(-c2cccc(Br)c2)o1.Cl. The molecule has 3 nitrogen and oxygen atoms in total. The first-order chi connectivity index (χ1) is 9.06. The highest BCUT2D eigenvalue weighted by Gasteiger charge is 2.12. The smallest absolute Gasteiger partial charge is 0.199 e. The van der Waals surface area contributed by atoms with Crippen LogP contribution in [0.1, 0.15) is 17.0 Å². The number of halogens is 2. The van der Waals surface area contributed by atoms with Crippen LogP contribution in [0.25, 0.3) is 11.3 Å². The second-order valence-corrected chi connectivity index (χ2v) is 5.57. The lowest BCUT2D eigenvalue weighted by molar-refractivity contribution is 0.0946. The van der Waals surface area contributed by atoms with Crippen LogP contribution in [0.15, 0.2) is 45.3 Å². The molecule has 0 spiro atoms. The Hall–Kier alpha value is -1.10. The first-order valence-electron chi connectivity index (χ1n) is 6.10. The Labute approximate surface area is 133 Å². The van der Waals surface area contributed by atoms with Crippen molar-refractivity contribution < 1.29 is 9.21 Å². The Morgan fingerprint density at radius 3 is 2.65 bits per heavy atom. The molecule has 108 valence electrons. The highest BCUT2D eigenvalue weighted by atomic mass is 79.9. The zero-order chi connectivity index (χ0) is 13.8. The van der Waals surface area contributed by atoms with Gasteiger partial charge in [-0.2, -0.15) is 0 Å². The second-order valence-electron chi connectivity index (χ2n) is 4.65. The van der Waals surface area contributed by atoms with Gasteiger partial charge in [-0.1, -0.05) is 28.1 Å². The van der Waals surface area contributed by atoms with Gasteiger partial charge in [-0.3, -0.25) is 4.79 Å². The summed E-state index contributed by atoms with van der Waals surface area (Å²) < 4.78 is 6.62. The molecule has 0 bridgehead atoms. The Balaban J connectivity index is 0.00000200. The Morgan fingerprint density at radius 2 is 2.00 bits per heavy atom. The predicted octanol–water partition coefficient (Wildman–Crippen LogP) is 4.27. The number of ketones is 1. The highest BCUT2D eigenvalue weighted by molar-refractivity contribution is 9.10. The average molecular weight is 359 g/mol. The van der Waals surface area contributed by atoms with Crippen LogP contribution in [0.5, 0.6) is 0 Å². The topological polar surface area (TPSA) is 33.5 Å². The Bertz CT molecular complexity index is 581. The number of Topliss-reactive ketones (excluding diaryl/α,β-unsaturated/α-hetero) is 1. The van der Waals surface area contributed by atoms with Gasteiger partial charge in [-0.05, 0) is 38.4 Å². The summed E-state index contributed by atoms with van der Waals surface area (Å²) in [5.74, 6) is 1.18. The van der Waals surface area contributed by atoms with Crippen molar-refractivity contribution in [2.75, 3.05) is 20.6 Å². The van der Waals surface area contributed by atoms with Crippen molar-refractivity contribution in [3.05, 3.63) is 46.6 Å². The number of hydrogen-bond acceptors (Lipinski definition) is 3. The van der Waals surface area contributed by atoms with E-state index in [1.807, 2.05) is 49.3 Å². The standard InChI is InChI=1S/C15H16BrNO2.ClH/c1-17(2)9-8-13(18)15-7-6-14(19-15)11-4-3-5-12(16)10-11;/h3-7,10H,8-9H2,1-2H3;1H. The van der Waals surface area contributed by atoms with E-state index in [1.54, 1.807) is 6.07 Å². The minimum atomic E-state index is 0. The van der Waals surface area contributed by atoms with Crippen LogP contribution in [0.3, 0.4) is 0 Å². The first kappa shape index (κ1) is 17.0. The summed E-state index contributed by atoms with van der Waals surface area (Å²) in [6, 6.07) is 11.4. The molecule has 2 rings (SSSR count). The van der Waals surface area contributed by atoms with Crippen LogP contribution >= 0.6 is 28.3 Å². The van der Waals surface area contributed by atoms with Crippen LogP contribution in [0.4, 0.5) is 0 Å². The van der Waals surface area contributed by atoms with Gasteiger partial charge < -0.3 is 9.32 Å². The number of rotatable bonds is 5. The number of benzene rings is 1. The van der Waals surface area contributed by atoms with Crippen molar-refractivity contribution in [1.29, 1.82) is 0 Å². The van der Waals surface area contributed by atoms with Crippen LogP contribution in [0, 0.1) is 0 Å². The molecule has 0 unspecified atom stereocenters. The second kappa shape index (κ2) is 7.62. The van der Waals surface area contributed by atoms with Gasteiger partial charge in [0, 0.05) is 23.0 Å². The molecule has 20 heavy (non-hydrogen) atoms. The molecule has 0 amide bonds. The van der Waals surface area contributed by atoms with E-state index >= 15 is 0 Å². The van der Waals surface area contributed by atoms with Gasteiger partial charge in [-0.15, -0.1) is 12.4 Å². The minimum Gasteiger partial charge on any atom is -0.453 e. The molecule has 0 aliphatic rings. The van der Waals surface area contributed by atoms with E-state index in [-0.39, 0.29) is 18.2 Å². The summed E-state index contributed by atoms with van der Waals surface area (Å²) in [4.78, 5) is 13.9. The van der Waals surface area contributed by atoms with Gasteiger partial charge in [0.25, 0.3) is 0 Å². The van der Waals surface area contributed by atoms with E-state index in [9.17, 15) is 4.79 Å². The number of carbonyl (C=O) groups is 1. The predicted molar refractivity (Wildman–Crippen MR) is 86.6 cm³/mol. The van der Waals surface area contributed by atoms with Crippen molar-refractivity contribution in [2.24, 2.45) is 0 Å². The minimum absolute atomic E-state index is 0. The van der Waals surface area contributed by atoms with Crippen LogP contribution in [0.2, 0.25) is 0 Å². The fourth-order valence-electron chi connectivity index (χ4n) is 1.73. The summed E-state index contributed by atoms with van der Waals surface area (Å²) in [7, 11) is 3.89. The van der Waals surface area contributed by atoms with Crippen LogP contribution < -0.4 is 0 Å². The molecule has 1 aromatic heterocycles. The van der Waals surface area contributed by atoms with Gasteiger partial charge >= 0.3 is 0 Å². The molecule has 0 radical (unpaired) electrons. The summed E-state index contributed by atoms with van der Waals surface area (Å²) in [5.41, 5.74) is 0.959. The van der Waals surface area contributed by atoms with Crippen LogP contribution in [-0.2, 0) is 0 Å². The molecule has 0 aliphatic carbocycles. The monoisotopic (exact) mass is 357 g/mol. The fourth-order valence-corrected chi connectivity index (χ4v) is 2.13. The molecular formula is C15H17BrClNO2. The fraction of sp³-hybridized carbons (Fsp3) is 0.267. The molecular weight excluding hydrogens is 342 g/mol. The van der Waals surface area contributed by atoms with Crippen molar-refractivity contribution >= 4 is 34.1 Å². The van der Waals surface area contributed by atoms with Crippen LogP contribution in [-0.4, -0.2) is 31.3 Å². The van der Waals surface area contributed by atoms with E-state index in [0.717, 1.165) is 22.3 Å². The first-order valence-corrected chi connectivity index (χ1v) is 6.89. The normalized spacial score (nSPS) is 10.4. The number of carbonyl (C=O) groups excluding carboxylic acids is 1. The lowest BCUT2D eigenvalue weighted by Gasteiger charge is -2.06. The van der Waals surface area contributed by atoms with Gasteiger partial charge in [0.15, 0.2) is 11.5 Å². The lowest BCUT2D eigenvalue weighted by atomic mass is 10.2. The van der Waals surface area contributed by atoms with Gasteiger partial charge in [0.05, 0.1) is 0 Å². The molecule has 0 saturated carbocycles. The van der Waals surface area contributed by atoms with E-state index in [0.29, 0.717) is 12.2 Å². The summed E-state index contributed by atoms with van der Waals surface area (Å²) in [5, 5.41) is 0. The largest absolute Gasteiger partial charge is 0.453 e. The maximum atomic E-state index is 11.9. The van der Waals surface area contributed by atoms with E-state index < -0.39 is 0 Å². The number of nitrogens with zero attached hydrogens (tertiary/aromatic N) is 1. The maximum Gasteiger partial charge on any atom is 0.199 e. The quantitative estimate of drug-likeness (QED) is 0.749. The summed E-state index contributed by atoms with van der Waals surface area (Å²) >= 11 is 3.42. The molecule has 1 heterocycles. The summed E-state index contributed by atoms with van der Waals surface area (Å²) in [6.07, 6.45) is 0.471.